The smallest absolute Gasteiger partial charge is 0.238 e. The lowest BCUT2D eigenvalue weighted by atomic mass is 9.45. The van der Waals surface area contributed by atoms with Crippen LogP contribution in [0.25, 0.3) is 0 Å². The summed E-state index contributed by atoms with van der Waals surface area (Å²) in [5.41, 5.74) is -1.54. The number of hydrogen-bond acceptors (Lipinski definition) is 4. The van der Waals surface area contributed by atoms with Crippen LogP contribution in [-0.4, -0.2) is 56.0 Å². The molecular weight excluding hydrogens is 567 g/mol. The molecular formula is C32H41ClF3N3O3. The van der Waals surface area contributed by atoms with E-state index in [0.717, 1.165) is 37.8 Å². The molecule has 5 aliphatic rings. The first kappa shape index (κ1) is 29.9. The third kappa shape index (κ3) is 4.78. The van der Waals surface area contributed by atoms with E-state index in [1.807, 2.05) is 6.92 Å². The maximum absolute atomic E-state index is 14.9. The van der Waals surface area contributed by atoms with Crippen molar-refractivity contribution in [2.45, 2.75) is 94.9 Å². The van der Waals surface area contributed by atoms with Crippen LogP contribution in [0.4, 0.5) is 13.2 Å². The fourth-order valence-electron chi connectivity index (χ4n) is 9.46. The third-order valence-corrected chi connectivity index (χ3v) is 11.6. The van der Waals surface area contributed by atoms with Gasteiger partial charge in [0.05, 0.1) is 38.1 Å². The number of alkyl halides is 2. The zero-order valence-corrected chi connectivity index (χ0v) is 25.0. The molecule has 10 heteroatoms. The average molecular weight is 608 g/mol. The Labute approximate surface area is 250 Å². The average Bonchev–Trinajstić information content (AvgIpc) is 3.56. The van der Waals surface area contributed by atoms with Crippen molar-refractivity contribution in [2.75, 3.05) is 20.0 Å². The lowest BCUT2D eigenvalue weighted by Crippen LogP contribution is -2.67. The van der Waals surface area contributed by atoms with Crippen LogP contribution in [0.5, 0.6) is 0 Å². The van der Waals surface area contributed by atoms with Gasteiger partial charge in [-0.3, -0.25) is 23.7 Å². The minimum absolute atomic E-state index is 0.129. The van der Waals surface area contributed by atoms with Crippen molar-refractivity contribution >= 4 is 23.9 Å². The van der Waals surface area contributed by atoms with Gasteiger partial charge in [0.15, 0.2) is 0 Å². The molecule has 0 aromatic heterocycles. The summed E-state index contributed by atoms with van der Waals surface area (Å²) in [5, 5.41) is 9.95. The van der Waals surface area contributed by atoms with E-state index in [1.54, 1.807) is 6.07 Å². The molecule has 230 valence electrons. The van der Waals surface area contributed by atoms with Crippen LogP contribution >= 0.6 is 11.6 Å². The Balaban J connectivity index is 1.43. The molecule has 3 aliphatic carbocycles. The number of fused-ring (bicyclic) bond motifs is 2. The number of carbonyl (C=O) groups excluding carboxylic acids is 2. The molecule has 2 saturated carbocycles. The summed E-state index contributed by atoms with van der Waals surface area (Å²) in [6.45, 7) is 2.91. The highest BCUT2D eigenvalue weighted by atomic mass is 35.5. The minimum atomic E-state index is -1.12. The Morgan fingerprint density at radius 3 is 2.57 bits per heavy atom. The molecule has 2 saturated heterocycles. The van der Waals surface area contributed by atoms with Gasteiger partial charge in [-0.05, 0) is 93.4 Å². The summed E-state index contributed by atoms with van der Waals surface area (Å²) < 4.78 is 49.4. The topological polar surface area (TPSA) is 79.5 Å². The van der Waals surface area contributed by atoms with E-state index in [1.165, 1.54) is 12.1 Å². The standard InChI is InChI=1S/C32H41ClF3N3O3/c1-19-3-4-24(12-42-19)38-28(41)27-26(21-8-22(33)10-23(36)9-21)29(2,32(39-27)14-30(15-32,16-34)17-35)13-31-6-5-20(11-31)7-25(31)37-18-40/h7-10,18-20,24,26-27,39H,3-6,11-17H2,1-2H3,(H,37,40)(H,38,41)/t19?,20?,24?,26?,27-,29-,31-/m1/s1. The first-order chi connectivity index (χ1) is 20.0. The molecule has 6 rings (SSSR count). The van der Waals surface area contributed by atoms with Gasteiger partial charge in [0.2, 0.25) is 12.3 Å². The molecule has 1 spiro atoms. The lowest BCUT2D eigenvalue weighted by molar-refractivity contribution is -0.126. The van der Waals surface area contributed by atoms with E-state index in [4.69, 9.17) is 16.3 Å². The molecule has 2 bridgehead atoms. The highest BCUT2D eigenvalue weighted by molar-refractivity contribution is 6.30. The Morgan fingerprint density at radius 1 is 1.19 bits per heavy atom. The predicted molar refractivity (Wildman–Crippen MR) is 154 cm³/mol. The van der Waals surface area contributed by atoms with Gasteiger partial charge in [-0.1, -0.05) is 24.6 Å². The number of nitrogens with one attached hydrogen (secondary N) is 3. The Morgan fingerprint density at radius 2 is 1.95 bits per heavy atom. The van der Waals surface area contributed by atoms with Gasteiger partial charge in [0.25, 0.3) is 0 Å². The van der Waals surface area contributed by atoms with Crippen molar-refractivity contribution < 1.29 is 27.5 Å². The normalized spacial score (nSPS) is 37.8. The molecule has 2 amide bonds. The fourth-order valence-corrected chi connectivity index (χ4v) is 9.69. The quantitative estimate of drug-likeness (QED) is 0.324. The summed E-state index contributed by atoms with van der Waals surface area (Å²) >= 11 is 6.39. The van der Waals surface area contributed by atoms with E-state index in [9.17, 15) is 22.8 Å². The zero-order chi connectivity index (χ0) is 29.9. The van der Waals surface area contributed by atoms with Crippen LogP contribution in [0.2, 0.25) is 5.02 Å². The number of amides is 2. The zero-order valence-electron chi connectivity index (χ0n) is 24.3. The van der Waals surface area contributed by atoms with Crippen molar-refractivity contribution in [3.63, 3.8) is 0 Å². The molecule has 2 heterocycles. The van der Waals surface area contributed by atoms with Crippen LogP contribution in [0.3, 0.4) is 0 Å². The highest BCUT2D eigenvalue weighted by Gasteiger charge is 2.72. The number of halogens is 4. The second kappa shape index (κ2) is 10.8. The molecule has 42 heavy (non-hydrogen) atoms. The Bertz CT molecular complexity index is 1240. The summed E-state index contributed by atoms with van der Waals surface area (Å²) in [7, 11) is 0. The predicted octanol–water partition coefficient (Wildman–Crippen LogP) is 5.50. The SMILES string of the molecule is CC1CCC(NC(=O)[C@@H]2NC3(CC(CF)(CF)C3)[C@](C)(C[C@]34CCC(C=C3NC=O)C4)C2c2cc(F)cc(Cl)c2)CO1. The van der Waals surface area contributed by atoms with E-state index in [2.05, 4.69) is 29.0 Å². The molecule has 1 aromatic rings. The summed E-state index contributed by atoms with van der Waals surface area (Å²) in [4.78, 5) is 25.8. The molecule has 1 aromatic carbocycles. The summed E-state index contributed by atoms with van der Waals surface area (Å²) in [5.74, 6) is -0.945. The van der Waals surface area contributed by atoms with Crippen LogP contribution in [0.1, 0.15) is 76.7 Å². The van der Waals surface area contributed by atoms with Crippen molar-refractivity contribution in [1.82, 2.24) is 16.0 Å². The van der Waals surface area contributed by atoms with Crippen molar-refractivity contribution in [2.24, 2.45) is 22.2 Å². The van der Waals surface area contributed by atoms with Crippen LogP contribution < -0.4 is 16.0 Å². The van der Waals surface area contributed by atoms with E-state index < -0.39 is 47.5 Å². The van der Waals surface area contributed by atoms with Gasteiger partial charge in [-0.2, -0.15) is 0 Å². The van der Waals surface area contributed by atoms with Crippen LogP contribution in [0, 0.1) is 28.0 Å². The van der Waals surface area contributed by atoms with Crippen molar-refractivity contribution in [1.29, 1.82) is 0 Å². The number of ether oxygens (including phenoxy) is 1. The van der Waals surface area contributed by atoms with Gasteiger partial charge in [0.1, 0.15) is 5.82 Å². The maximum atomic E-state index is 14.9. The maximum Gasteiger partial charge on any atom is 0.238 e. The highest BCUT2D eigenvalue weighted by Crippen LogP contribution is 2.70. The van der Waals surface area contributed by atoms with Crippen LogP contribution in [0.15, 0.2) is 30.0 Å². The van der Waals surface area contributed by atoms with Gasteiger partial charge in [-0.15, -0.1) is 0 Å². The number of benzene rings is 1. The number of carbonyl (C=O) groups is 2. The number of allylic oxidation sites excluding steroid dienone is 2. The molecule has 4 fully saturated rings. The van der Waals surface area contributed by atoms with Crippen molar-refractivity contribution in [3.05, 3.63) is 46.4 Å². The third-order valence-electron chi connectivity index (χ3n) is 11.4. The fraction of sp³-hybridized carbons (Fsp3) is 0.688. The largest absolute Gasteiger partial charge is 0.376 e. The monoisotopic (exact) mass is 607 g/mol. The first-order valence-corrected chi connectivity index (χ1v) is 15.6. The van der Waals surface area contributed by atoms with Crippen molar-refractivity contribution in [3.8, 4) is 0 Å². The molecule has 7 atom stereocenters. The molecule has 3 N–H and O–H groups in total. The minimum Gasteiger partial charge on any atom is -0.376 e. The number of hydrogen-bond donors (Lipinski definition) is 3. The molecule has 2 aliphatic heterocycles. The van der Waals surface area contributed by atoms with Gasteiger partial charge in [0, 0.05) is 33.0 Å². The van der Waals surface area contributed by atoms with Gasteiger partial charge < -0.3 is 15.4 Å². The van der Waals surface area contributed by atoms with Gasteiger partial charge >= 0.3 is 0 Å². The molecule has 6 nitrogen and oxygen atoms in total. The van der Waals surface area contributed by atoms with Crippen LogP contribution in [-0.2, 0) is 14.3 Å². The van der Waals surface area contributed by atoms with E-state index in [-0.39, 0.29) is 41.3 Å². The number of rotatable bonds is 9. The Kier molecular flexibility index (Phi) is 7.71. The van der Waals surface area contributed by atoms with E-state index >= 15 is 0 Å². The first-order valence-electron chi connectivity index (χ1n) is 15.2. The lowest BCUT2D eigenvalue weighted by Gasteiger charge is -2.61. The van der Waals surface area contributed by atoms with E-state index in [0.29, 0.717) is 30.9 Å². The second-order valence-corrected chi connectivity index (χ2v) is 14.6. The molecule has 0 radical (unpaired) electrons. The second-order valence-electron chi connectivity index (χ2n) is 14.2. The Hall–Kier alpha value is -2.10. The summed E-state index contributed by atoms with van der Waals surface area (Å²) in [6, 6.07) is 3.43. The van der Waals surface area contributed by atoms with Gasteiger partial charge in [-0.25, -0.2) is 4.39 Å². The molecule has 4 unspecified atom stereocenters. The summed E-state index contributed by atoms with van der Waals surface area (Å²) in [6.07, 6.45) is 8.27.